The van der Waals surface area contributed by atoms with E-state index in [1.165, 1.54) is 263 Å². The van der Waals surface area contributed by atoms with Crippen LogP contribution in [-0.2, 0) is 65.4 Å². The molecule has 0 aliphatic carbocycles. The number of unbranched alkanes of at least 4 members (excludes halogenated alkanes) is 54. The van der Waals surface area contributed by atoms with Gasteiger partial charge < -0.3 is 33.8 Å². The van der Waals surface area contributed by atoms with Gasteiger partial charge in [0.1, 0.15) is 19.3 Å². The number of rotatable bonds is 82. The Labute approximate surface area is 619 Å². The van der Waals surface area contributed by atoms with Crippen LogP contribution in [0.25, 0.3) is 0 Å². The molecule has 0 saturated heterocycles. The molecule has 0 aromatic rings. The third kappa shape index (κ3) is 76.1. The van der Waals surface area contributed by atoms with Crippen LogP contribution in [0.4, 0.5) is 0 Å². The van der Waals surface area contributed by atoms with E-state index in [0.717, 1.165) is 95.8 Å². The minimum absolute atomic E-state index is 0.107. The summed E-state index contributed by atoms with van der Waals surface area (Å²) in [5.74, 6) is -1.38. The molecule has 17 nitrogen and oxygen atoms in total. The number of phosphoric acid groups is 2. The summed E-state index contributed by atoms with van der Waals surface area (Å²) in [4.78, 5) is 73.0. The van der Waals surface area contributed by atoms with Crippen LogP contribution in [0.5, 0.6) is 0 Å². The van der Waals surface area contributed by atoms with E-state index in [2.05, 4.69) is 34.6 Å². The largest absolute Gasteiger partial charge is 0.472 e. The lowest BCUT2D eigenvalue weighted by Crippen LogP contribution is -2.30. The molecule has 0 heterocycles. The molecule has 0 aliphatic rings. The van der Waals surface area contributed by atoms with Crippen molar-refractivity contribution in [3.63, 3.8) is 0 Å². The van der Waals surface area contributed by atoms with Gasteiger partial charge in [-0.1, -0.05) is 388 Å². The number of phosphoric ester groups is 2. The third-order valence-corrected chi connectivity index (χ3v) is 21.2. The Morgan fingerprint density at radius 2 is 0.455 bits per heavy atom. The van der Waals surface area contributed by atoms with Crippen LogP contribution in [0, 0.1) is 5.92 Å². The van der Waals surface area contributed by atoms with Crippen LogP contribution in [0.15, 0.2) is 0 Å². The number of hydrogen-bond acceptors (Lipinski definition) is 15. The lowest BCUT2D eigenvalue weighted by Gasteiger charge is -2.21. The molecule has 0 aliphatic heterocycles. The van der Waals surface area contributed by atoms with E-state index < -0.39 is 97.5 Å². The predicted molar refractivity (Wildman–Crippen MR) is 414 cm³/mol. The number of carbonyl (C=O) groups is 4. The van der Waals surface area contributed by atoms with Gasteiger partial charge in [0.05, 0.1) is 26.4 Å². The molecule has 600 valence electrons. The van der Waals surface area contributed by atoms with Gasteiger partial charge in [0.2, 0.25) is 0 Å². The molecule has 0 spiro atoms. The van der Waals surface area contributed by atoms with Crippen molar-refractivity contribution in [2.75, 3.05) is 39.6 Å². The Kier molecular flexibility index (Phi) is 73.5. The number of hydrogen-bond donors (Lipinski definition) is 3. The fourth-order valence-electron chi connectivity index (χ4n) is 12.8. The standard InChI is InChI=1S/C82H160O17P2/c1-6-9-12-15-18-21-24-27-29-31-32-33-34-36-38-40-43-46-53-58-63-68-82(87)98-77(71-92-79(84)65-60-55-50-44-42-39-37-35-30-28-25-22-19-16-13-10-7-2)73-96-100(88,89)94-69-76(83)70-95-101(90,91)97-74-78(72-93-80(85)66-61-56-51-48-47-49-54-59-64-75(4)5)99-81(86)67-62-57-52-45-41-26-23-20-17-14-11-8-3/h75-78,83H,6-74H2,1-5H3,(H,88,89)(H,90,91)/t76-,77-,78-/m1/s1. The first-order chi connectivity index (χ1) is 49.0. The number of aliphatic hydroxyl groups is 1. The van der Waals surface area contributed by atoms with Gasteiger partial charge in [0.15, 0.2) is 12.2 Å². The summed E-state index contributed by atoms with van der Waals surface area (Å²) in [6.45, 7) is 7.30. The highest BCUT2D eigenvalue weighted by Crippen LogP contribution is 2.45. The SMILES string of the molecule is CCCCCCCCCCCCCCCCCCCCCCCC(=O)O[C@H](COC(=O)CCCCCCCCCCCCCCCCCCC)COP(=O)(O)OC[C@@H](O)COP(=O)(O)OC[C@@H](COC(=O)CCCCCCCCCCC(C)C)OC(=O)CCCCCCCCCCCCCC. The molecule has 0 radical (unpaired) electrons. The third-order valence-electron chi connectivity index (χ3n) is 19.3. The minimum Gasteiger partial charge on any atom is -0.462 e. The lowest BCUT2D eigenvalue weighted by atomic mass is 10.0. The van der Waals surface area contributed by atoms with Crippen LogP contribution in [0.2, 0.25) is 0 Å². The Hall–Kier alpha value is -1.94. The predicted octanol–water partition coefficient (Wildman–Crippen LogP) is 24.8. The Balaban J connectivity index is 5.22. The van der Waals surface area contributed by atoms with Gasteiger partial charge in [-0.15, -0.1) is 0 Å². The second-order valence-corrected chi connectivity index (χ2v) is 32.9. The molecule has 3 N–H and O–H groups in total. The molecular weight excluding hydrogens is 1320 g/mol. The van der Waals surface area contributed by atoms with Gasteiger partial charge in [0.25, 0.3) is 0 Å². The van der Waals surface area contributed by atoms with Crippen molar-refractivity contribution in [1.29, 1.82) is 0 Å². The maximum absolute atomic E-state index is 13.1. The van der Waals surface area contributed by atoms with Gasteiger partial charge >= 0.3 is 39.5 Å². The monoisotopic (exact) mass is 1480 g/mol. The van der Waals surface area contributed by atoms with Crippen molar-refractivity contribution < 1.29 is 80.2 Å². The van der Waals surface area contributed by atoms with Crippen molar-refractivity contribution >= 4 is 39.5 Å². The first kappa shape index (κ1) is 99.1. The molecular formula is C82H160O17P2. The average molecular weight is 1480 g/mol. The number of aliphatic hydroxyl groups excluding tert-OH is 1. The Bertz CT molecular complexity index is 1930. The normalized spacial score (nSPS) is 13.8. The summed E-state index contributed by atoms with van der Waals surface area (Å²) in [5.41, 5.74) is 0. The smallest absolute Gasteiger partial charge is 0.462 e. The molecule has 5 atom stereocenters. The lowest BCUT2D eigenvalue weighted by molar-refractivity contribution is -0.161. The van der Waals surface area contributed by atoms with Crippen molar-refractivity contribution in [3.05, 3.63) is 0 Å². The van der Waals surface area contributed by atoms with E-state index in [1.54, 1.807) is 0 Å². The molecule has 0 aromatic carbocycles. The summed E-state index contributed by atoms with van der Waals surface area (Å²) in [6.07, 6.45) is 66.7. The van der Waals surface area contributed by atoms with Crippen LogP contribution in [0.1, 0.15) is 439 Å². The van der Waals surface area contributed by atoms with Gasteiger partial charge in [0, 0.05) is 25.7 Å². The first-order valence-electron chi connectivity index (χ1n) is 42.6. The second-order valence-electron chi connectivity index (χ2n) is 30.0. The van der Waals surface area contributed by atoms with Gasteiger partial charge in [-0.3, -0.25) is 37.3 Å². The first-order valence-corrected chi connectivity index (χ1v) is 45.6. The highest BCUT2D eigenvalue weighted by atomic mass is 31.2. The summed E-state index contributed by atoms with van der Waals surface area (Å²) < 4.78 is 68.7. The molecule has 19 heteroatoms. The van der Waals surface area contributed by atoms with Crippen LogP contribution >= 0.6 is 15.6 Å². The van der Waals surface area contributed by atoms with Crippen molar-refractivity contribution in [2.45, 2.75) is 457 Å². The van der Waals surface area contributed by atoms with E-state index >= 15 is 0 Å². The quantitative estimate of drug-likeness (QED) is 0.0222. The molecule has 0 fully saturated rings. The maximum atomic E-state index is 13.1. The van der Waals surface area contributed by atoms with E-state index in [9.17, 15) is 43.2 Å². The summed E-state index contributed by atoms with van der Waals surface area (Å²) in [5, 5.41) is 10.6. The number of ether oxygens (including phenoxy) is 4. The molecule has 0 rings (SSSR count). The van der Waals surface area contributed by atoms with Gasteiger partial charge in [-0.25, -0.2) is 9.13 Å². The fraction of sp³-hybridized carbons (Fsp3) is 0.951. The van der Waals surface area contributed by atoms with E-state index in [1.807, 2.05) is 0 Å². The molecule has 0 aromatic heterocycles. The van der Waals surface area contributed by atoms with Crippen molar-refractivity contribution in [2.24, 2.45) is 5.92 Å². The van der Waals surface area contributed by atoms with Crippen molar-refractivity contribution in [1.82, 2.24) is 0 Å². The van der Waals surface area contributed by atoms with E-state index in [4.69, 9.17) is 37.0 Å². The molecule has 101 heavy (non-hydrogen) atoms. The van der Waals surface area contributed by atoms with E-state index in [-0.39, 0.29) is 25.7 Å². The van der Waals surface area contributed by atoms with Crippen molar-refractivity contribution in [3.8, 4) is 0 Å². The number of esters is 4. The fourth-order valence-corrected chi connectivity index (χ4v) is 14.3. The molecule has 0 saturated carbocycles. The van der Waals surface area contributed by atoms with Gasteiger partial charge in [-0.2, -0.15) is 0 Å². The number of carbonyl (C=O) groups excluding carboxylic acids is 4. The average Bonchev–Trinajstić information content (AvgIpc) is 1.59. The summed E-state index contributed by atoms with van der Waals surface area (Å²) in [7, 11) is -9.92. The molecule has 2 unspecified atom stereocenters. The zero-order valence-electron chi connectivity index (χ0n) is 66.1. The van der Waals surface area contributed by atoms with Crippen LogP contribution < -0.4 is 0 Å². The summed E-state index contributed by atoms with van der Waals surface area (Å²) in [6, 6.07) is 0. The second kappa shape index (κ2) is 74.9. The zero-order chi connectivity index (χ0) is 74.1. The zero-order valence-corrected chi connectivity index (χ0v) is 67.8. The summed E-state index contributed by atoms with van der Waals surface area (Å²) >= 11 is 0. The van der Waals surface area contributed by atoms with Crippen LogP contribution in [0.3, 0.4) is 0 Å². The molecule has 0 bridgehead atoms. The Morgan fingerprint density at radius 3 is 0.673 bits per heavy atom. The molecule has 0 amide bonds. The van der Waals surface area contributed by atoms with Crippen LogP contribution in [-0.4, -0.2) is 96.7 Å². The highest BCUT2D eigenvalue weighted by Gasteiger charge is 2.30. The van der Waals surface area contributed by atoms with Gasteiger partial charge in [-0.05, 0) is 31.6 Å². The van der Waals surface area contributed by atoms with E-state index in [0.29, 0.717) is 25.7 Å². The Morgan fingerprint density at radius 1 is 0.267 bits per heavy atom. The maximum Gasteiger partial charge on any atom is 0.472 e. The topological polar surface area (TPSA) is 237 Å². The highest BCUT2D eigenvalue weighted by molar-refractivity contribution is 7.47. The minimum atomic E-state index is -4.96.